The number of nitrogens with one attached hydrogen (secondary N) is 1. The molecule has 0 atom stereocenters. The molecule has 2 N–H and O–H groups in total. The van der Waals surface area contributed by atoms with Crippen LogP contribution in [0.4, 0.5) is 13.2 Å². The number of benzene rings is 1. The van der Waals surface area contributed by atoms with Gasteiger partial charge in [-0.1, -0.05) is 12.1 Å². The van der Waals surface area contributed by atoms with Gasteiger partial charge < -0.3 is 29.4 Å². The van der Waals surface area contributed by atoms with Gasteiger partial charge in [0.05, 0.1) is 23.1 Å². The second-order valence-electron chi connectivity index (χ2n) is 7.39. The van der Waals surface area contributed by atoms with Gasteiger partial charge in [-0.05, 0) is 66.5 Å². The number of esters is 2. The maximum Gasteiger partial charge on any atom is 0.490 e. The molecule has 37 heavy (non-hydrogen) atoms. The number of halogens is 4. The Labute approximate surface area is 223 Å². The summed E-state index contributed by atoms with van der Waals surface area (Å²) in [7, 11) is 1.30. The van der Waals surface area contributed by atoms with Gasteiger partial charge in [0.15, 0.2) is 17.2 Å². The van der Waals surface area contributed by atoms with Gasteiger partial charge in [-0.3, -0.25) is 0 Å². The average molecular weight is 612 g/mol. The lowest BCUT2D eigenvalue weighted by molar-refractivity contribution is -0.192. The second kappa shape index (κ2) is 14.2. The molecule has 9 nitrogen and oxygen atoms in total. The van der Waals surface area contributed by atoms with Gasteiger partial charge >= 0.3 is 24.1 Å². The van der Waals surface area contributed by atoms with Crippen molar-refractivity contribution in [1.29, 1.82) is 0 Å². The third-order valence-corrected chi connectivity index (χ3v) is 6.97. The SMILES string of the molecule is CCOC(=O)COc1c(C(=O)OC)sc(-c2cccc(OC3CCNCC3)c2)c1Br.O=C(O)C(F)(F)F. The Morgan fingerprint density at radius 1 is 1.22 bits per heavy atom. The van der Waals surface area contributed by atoms with Crippen LogP contribution in [0.1, 0.15) is 29.4 Å². The highest BCUT2D eigenvalue weighted by Crippen LogP contribution is 2.46. The standard InChI is InChI=1S/C21H24BrNO6S.C2HF3O2/c1-3-27-16(24)12-28-18-17(22)19(30-20(18)21(25)26-2)13-5-4-6-15(11-13)29-14-7-9-23-10-8-14;3-2(4,5)1(6)7/h4-6,11,14,23H,3,7-10,12H2,1-2H3;(H,6,7). The fourth-order valence-corrected chi connectivity index (χ4v) is 5.06. The first-order chi connectivity index (χ1) is 17.5. The Morgan fingerprint density at radius 3 is 2.43 bits per heavy atom. The van der Waals surface area contributed by atoms with Crippen molar-refractivity contribution in [3.8, 4) is 21.9 Å². The highest BCUT2D eigenvalue weighted by atomic mass is 79.9. The lowest BCUT2D eigenvalue weighted by Crippen LogP contribution is -2.34. The molecule has 1 aromatic carbocycles. The molecule has 1 aliphatic rings. The van der Waals surface area contributed by atoms with Gasteiger partial charge in [-0.25, -0.2) is 14.4 Å². The van der Waals surface area contributed by atoms with Crippen LogP contribution in [0.3, 0.4) is 0 Å². The van der Waals surface area contributed by atoms with Crippen molar-refractivity contribution >= 4 is 45.2 Å². The molecule has 1 aromatic heterocycles. The van der Waals surface area contributed by atoms with E-state index >= 15 is 0 Å². The number of carboxylic acids is 1. The molecule has 14 heteroatoms. The number of rotatable bonds is 8. The molecule has 2 aromatic rings. The first kappa shape index (κ1) is 30.4. The van der Waals surface area contributed by atoms with E-state index in [1.807, 2.05) is 24.3 Å². The van der Waals surface area contributed by atoms with E-state index in [-0.39, 0.29) is 29.9 Å². The van der Waals surface area contributed by atoms with E-state index in [0.29, 0.717) is 4.47 Å². The lowest BCUT2D eigenvalue weighted by Gasteiger charge is -2.24. The van der Waals surface area contributed by atoms with Gasteiger partial charge in [0.1, 0.15) is 11.9 Å². The zero-order chi connectivity index (χ0) is 27.6. The van der Waals surface area contributed by atoms with Gasteiger partial charge in [-0.2, -0.15) is 13.2 Å². The Hall–Kier alpha value is -2.84. The number of carbonyl (C=O) groups excluding carboxylic acids is 2. The van der Waals surface area contributed by atoms with Crippen molar-refractivity contribution in [1.82, 2.24) is 5.32 Å². The topological polar surface area (TPSA) is 120 Å². The minimum absolute atomic E-state index is 0.183. The molecular weight excluding hydrogens is 587 g/mol. The molecule has 2 heterocycles. The molecule has 1 fully saturated rings. The molecule has 0 amide bonds. The number of ether oxygens (including phenoxy) is 4. The number of thiophene rings is 1. The van der Waals surface area contributed by atoms with E-state index in [1.165, 1.54) is 18.4 Å². The Morgan fingerprint density at radius 2 is 1.86 bits per heavy atom. The number of carbonyl (C=O) groups is 3. The summed E-state index contributed by atoms with van der Waals surface area (Å²) < 4.78 is 53.8. The number of hydrogen-bond acceptors (Lipinski definition) is 9. The molecule has 0 bridgehead atoms. The third kappa shape index (κ3) is 9.20. The zero-order valence-corrected chi connectivity index (χ0v) is 22.3. The number of carboxylic acid groups (broad SMARTS) is 1. The van der Waals surface area contributed by atoms with E-state index in [2.05, 4.69) is 21.2 Å². The van der Waals surface area contributed by atoms with Crippen molar-refractivity contribution < 1.29 is 51.6 Å². The smallest absolute Gasteiger partial charge is 0.490 e. The largest absolute Gasteiger partial charge is 0.490 e. The van der Waals surface area contributed by atoms with Crippen LogP contribution in [0.2, 0.25) is 0 Å². The van der Waals surface area contributed by atoms with E-state index in [4.69, 9.17) is 28.8 Å². The molecule has 204 valence electrons. The Balaban J connectivity index is 0.000000604. The normalized spacial score (nSPS) is 13.7. The predicted molar refractivity (Wildman–Crippen MR) is 131 cm³/mol. The van der Waals surface area contributed by atoms with Gasteiger partial charge in [-0.15, -0.1) is 11.3 Å². The summed E-state index contributed by atoms with van der Waals surface area (Å²) in [6.07, 6.45) is -2.97. The highest BCUT2D eigenvalue weighted by Gasteiger charge is 2.38. The predicted octanol–water partition coefficient (Wildman–Crippen LogP) is 4.67. The third-order valence-electron chi connectivity index (χ3n) is 4.75. The first-order valence-electron chi connectivity index (χ1n) is 10.9. The summed E-state index contributed by atoms with van der Waals surface area (Å²) in [6.45, 7) is 3.57. The number of methoxy groups -OCH3 is 1. The van der Waals surface area contributed by atoms with Crippen LogP contribution in [0.15, 0.2) is 28.7 Å². The highest BCUT2D eigenvalue weighted by molar-refractivity contribution is 9.10. The van der Waals surface area contributed by atoms with Crippen molar-refractivity contribution in [2.75, 3.05) is 33.4 Å². The van der Waals surface area contributed by atoms with Crippen LogP contribution in [0, 0.1) is 0 Å². The van der Waals surface area contributed by atoms with E-state index in [1.54, 1.807) is 6.92 Å². The lowest BCUT2D eigenvalue weighted by atomic mass is 10.1. The summed E-state index contributed by atoms with van der Waals surface area (Å²) in [4.78, 5) is 33.9. The number of alkyl halides is 3. The zero-order valence-electron chi connectivity index (χ0n) is 19.9. The minimum atomic E-state index is -5.08. The molecule has 0 unspecified atom stereocenters. The second-order valence-corrected chi connectivity index (χ2v) is 9.20. The van der Waals surface area contributed by atoms with Crippen molar-refractivity contribution in [3.63, 3.8) is 0 Å². The van der Waals surface area contributed by atoms with Gasteiger partial charge in [0.25, 0.3) is 0 Å². The molecule has 0 saturated carbocycles. The Bertz CT molecular complexity index is 1090. The number of piperidine rings is 1. The molecule has 0 spiro atoms. The maximum atomic E-state index is 12.3. The molecule has 0 aliphatic carbocycles. The molecule has 1 saturated heterocycles. The fraction of sp³-hybridized carbons (Fsp3) is 0.435. The number of aliphatic carboxylic acids is 1. The summed E-state index contributed by atoms with van der Waals surface area (Å²) >= 11 is 4.75. The van der Waals surface area contributed by atoms with Crippen LogP contribution in [-0.2, 0) is 19.1 Å². The fourth-order valence-electron chi connectivity index (χ4n) is 3.09. The summed E-state index contributed by atoms with van der Waals surface area (Å²) in [5, 5.41) is 10.4. The average Bonchev–Trinajstić information content (AvgIpc) is 3.19. The maximum absolute atomic E-state index is 12.3. The van der Waals surface area contributed by atoms with Crippen molar-refractivity contribution in [2.24, 2.45) is 0 Å². The Kier molecular flexibility index (Phi) is 11.7. The summed E-state index contributed by atoms with van der Waals surface area (Å²) in [5.41, 5.74) is 0.870. The van der Waals surface area contributed by atoms with Crippen molar-refractivity contribution in [3.05, 3.63) is 33.6 Å². The van der Waals surface area contributed by atoms with Crippen molar-refractivity contribution in [2.45, 2.75) is 32.0 Å². The van der Waals surface area contributed by atoms with E-state index in [0.717, 1.165) is 42.1 Å². The molecule has 3 rings (SSSR count). The minimum Gasteiger partial charge on any atom is -0.490 e. The molecule has 0 radical (unpaired) electrons. The van der Waals surface area contributed by atoms with Crippen LogP contribution in [0.25, 0.3) is 10.4 Å². The first-order valence-corrected chi connectivity index (χ1v) is 12.6. The van der Waals surface area contributed by atoms with Crippen LogP contribution >= 0.6 is 27.3 Å². The van der Waals surface area contributed by atoms with Crippen LogP contribution in [0.5, 0.6) is 11.5 Å². The van der Waals surface area contributed by atoms with Crippen LogP contribution in [-0.4, -0.2) is 68.7 Å². The summed E-state index contributed by atoms with van der Waals surface area (Å²) in [5.74, 6) is -2.77. The van der Waals surface area contributed by atoms with Gasteiger partial charge in [0.2, 0.25) is 0 Å². The summed E-state index contributed by atoms with van der Waals surface area (Å²) in [6, 6.07) is 7.71. The molecular formula is C23H25BrF3NO8S. The van der Waals surface area contributed by atoms with Gasteiger partial charge in [0, 0.05) is 0 Å². The monoisotopic (exact) mass is 611 g/mol. The van der Waals surface area contributed by atoms with E-state index in [9.17, 15) is 22.8 Å². The molecule has 1 aliphatic heterocycles. The number of hydrogen-bond donors (Lipinski definition) is 2. The van der Waals surface area contributed by atoms with Crippen LogP contribution < -0.4 is 14.8 Å². The quantitative estimate of drug-likeness (QED) is 0.410. The van der Waals surface area contributed by atoms with E-state index < -0.39 is 24.1 Å².